The Balaban J connectivity index is 2.26. The molecule has 0 spiro atoms. The van der Waals surface area contributed by atoms with Gasteiger partial charge in [-0.2, -0.15) is 0 Å². The molecule has 64 valence electrons. The molecule has 1 aliphatic rings. The van der Waals surface area contributed by atoms with Gasteiger partial charge >= 0.3 is 0 Å². The van der Waals surface area contributed by atoms with Crippen LogP contribution in [0.1, 0.15) is 30.1 Å². The minimum atomic E-state index is 0.00662. The molecule has 0 aliphatic heterocycles. The van der Waals surface area contributed by atoms with Crippen LogP contribution in [0, 0.1) is 0 Å². The Kier molecular flexibility index (Phi) is 2.00. The number of hydrogen-bond donors (Lipinski definition) is 1. The molecule has 1 unspecified atom stereocenters. The molecule has 0 saturated heterocycles. The van der Waals surface area contributed by atoms with Crippen LogP contribution in [-0.4, -0.2) is 5.11 Å². The second kappa shape index (κ2) is 3.15. The van der Waals surface area contributed by atoms with E-state index in [2.05, 4.69) is 12.2 Å². The minimum Gasteiger partial charge on any atom is -0.467 e. The molecule has 1 aromatic rings. The van der Waals surface area contributed by atoms with Crippen LogP contribution in [0.3, 0.4) is 0 Å². The van der Waals surface area contributed by atoms with Gasteiger partial charge in [-0.05, 0) is 18.9 Å². The number of furan rings is 1. The predicted octanol–water partition coefficient (Wildman–Crippen LogP) is 2.21. The molecule has 12 heavy (non-hydrogen) atoms. The van der Waals surface area contributed by atoms with Crippen molar-refractivity contribution in [1.82, 2.24) is 0 Å². The van der Waals surface area contributed by atoms with Crippen LogP contribution < -0.4 is 0 Å². The molecule has 0 amide bonds. The zero-order valence-corrected chi connectivity index (χ0v) is 6.86. The third-order valence-corrected chi connectivity index (χ3v) is 2.34. The molecule has 1 atom stereocenters. The zero-order chi connectivity index (χ0) is 8.39. The fraction of sp³-hybridized carbons (Fsp3) is 0.400. The third kappa shape index (κ3) is 1.18. The van der Waals surface area contributed by atoms with Crippen molar-refractivity contribution in [3.8, 4) is 0 Å². The van der Waals surface area contributed by atoms with Gasteiger partial charge in [0.2, 0.25) is 0 Å². The summed E-state index contributed by atoms with van der Waals surface area (Å²) >= 11 is 0. The van der Waals surface area contributed by atoms with Crippen LogP contribution in [-0.2, 0) is 6.61 Å². The van der Waals surface area contributed by atoms with Crippen molar-refractivity contribution in [2.75, 3.05) is 0 Å². The molecular formula is C10H12O2. The average molecular weight is 164 g/mol. The summed E-state index contributed by atoms with van der Waals surface area (Å²) in [7, 11) is 0. The number of aliphatic hydroxyl groups is 1. The van der Waals surface area contributed by atoms with E-state index in [9.17, 15) is 0 Å². The van der Waals surface area contributed by atoms with Crippen LogP contribution in [0.15, 0.2) is 28.9 Å². The predicted molar refractivity (Wildman–Crippen MR) is 45.7 cm³/mol. The first kappa shape index (κ1) is 7.62. The van der Waals surface area contributed by atoms with E-state index in [0.717, 1.165) is 18.4 Å². The molecule has 0 bridgehead atoms. The Morgan fingerprint density at radius 1 is 1.58 bits per heavy atom. The number of allylic oxidation sites excluding steroid dienone is 2. The monoisotopic (exact) mass is 164 g/mol. The average Bonchev–Trinajstić information content (AvgIpc) is 2.74. The van der Waals surface area contributed by atoms with E-state index in [1.807, 2.05) is 6.07 Å². The SMILES string of the molecule is OCc1occc1C1C=CCC1. The molecule has 1 aromatic heterocycles. The van der Waals surface area contributed by atoms with Crippen LogP contribution in [0.25, 0.3) is 0 Å². The van der Waals surface area contributed by atoms with Crippen molar-refractivity contribution in [1.29, 1.82) is 0 Å². The van der Waals surface area contributed by atoms with Gasteiger partial charge in [-0.25, -0.2) is 0 Å². The van der Waals surface area contributed by atoms with Gasteiger partial charge in [0.1, 0.15) is 12.4 Å². The van der Waals surface area contributed by atoms with E-state index in [0.29, 0.717) is 11.7 Å². The fourth-order valence-electron chi connectivity index (χ4n) is 1.70. The molecule has 0 saturated carbocycles. The highest BCUT2D eigenvalue weighted by molar-refractivity contribution is 5.27. The van der Waals surface area contributed by atoms with E-state index < -0.39 is 0 Å². The highest BCUT2D eigenvalue weighted by Crippen LogP contribution is 2.31. The highest BCUT2D eigenvalue weighted by Gasteiger charge is 2.16. The molecule has 2 heteroatoms. The first-order chi connectivity index (χ1) is 5.92. The molecule has 1 aliphatic carbocycles. The maximum absolute atomic E-state index is 8.95. The van der Waals surface area contributed by atoms with Gasteiger partial charge in [0.25, 0.3) is 0 Å². The first-order valence-corrected chi connectivity index (χ1v) is 4.25. The largest absolute Gasteiger partial charge is 0.467 e. The topological polar surface area (TPSA) is 33.4 Å². The van der Waals surface area contributed by atoms with E-state index in [1.54, 1.807) is 6.26 Å². The standard InChI is InChI=1S/C10H12O2/c11-7-10-9(5-6-12-10)8-3-1-2-4-8/h1,3,5-6,8,11H,2,4,7H2. The highest BCUT2D eigenvalue weighted by atomic mass is 16.4. The lowest BCUT2D eigenvalue weighted by Crippen LogP contribution is -1.93. The summed E-state index contributed by atoms with van der Waals surface area (Å²) in [5.41, 5.74) is 1.14. The lowest BCUT2D eigenvalue weighted by atomic mass is 9.99. The number of aliphatic hydroxyl groups excluding tert-OH is 1. The molecule has 1 N–H and O–H groups in total. The maximum atomic E-state index is 8.95. The normalized spacial score (nSPS) is 21.9. The smallest absolute Gasteiger partial charge is 0.132 e. The quantitative estimate of drug-likeness (QED) is 0.680. The van der Waals surface area contributed by atoms with Crippen molar-refractivity contribution in [2.45, 2.75) is 25.4 Å². The second-order valence-corrected chi connectivity index (χ2v) is 3.07. The van der Waals surface area contributed by atoms with E-state index in [4.69, 9.17) is 9.52 Å². The number of hydrogen-bond acceptors (Lipinski definition) is 2. The van der Waals surface area contributed by atoms with Gasteiger partial charge in [0.15, 0.2) is 0 Å². The Bertz CT molecular complexity index is 286. The van der Waals surface area contributed by atoms with Crippen LogP contribution in [0.2, 0.25) is 0 Å². The fourth-order valence-corrected chi connectivity index (χ4v) is 1.70. The van der Waals surface area contributed by atoms with Gasteiger partial charge in [-0.15, -0.1) is 0 Å². The van der Waals surface area contributed by atoms with Crippen LogP contribution in [0.4, 0.5) is 0 Å². The Morgan fingerprint density at radius 3 is 3.17 bits per heavy atom. The second-order valence-electron chi connectivity index (χ2n) is 3.07. The van der Waals surface area contributed by atoms with Gasteiger partial charge in [0, 0.05) is 11.5 Å². The molecule has 2 nitrogen and oxygen atoms in total. The first-order valence-electron chi connectivity index (χ1n) is 4.25. The summed E-state index contributed by atoms with van der Waals surface area (Å²) in [4.78, 5) is 0. The Morgan fingerprint density at radius 2 is 2.50 bits per heavy atom. The van der Waals surface area contributed by atoms with Crippen LogP contribution >= 0.6 is 0 Å². The summed E-state index contributed by atoms with van der Waals surface area (Å²) in [6.07, 6.45) is 8.29. The molecule has 0 aromatic carbocycles. The molecule has 2 rings (SSSR count). The summed E-state index contributed by atoms with van der Waals surface area (Å²) in [6.45, 7) is 0.00662. The summed E-state index contributed by atoms with van der Waals surface area (Å²) in [6, 6.07) is 1.95. The van der Waals surface area contributed by atoms with E-state index in [-0.39, 0.29) is 6.61 Å². The lowest BCUT2D eigenvalue weighted by Gasteiger charge is -2.05. The third-order valence-electron chi connectivity index (χ3n) is 2.34. The van der Waals surface area contributed by atoms with Crippen molar-refractivity contribution in [3.63, 3.8) is 0 Å². The van der Waals surface area contributed by atoms with Crippen LogP contribution in [0.5, 0.6) is 0 Å². The summed E-state index contributed by atoms with van der Waals surface area (Å²) < 4.78 is 5.14. The Hall–Kier alpha value is -1.02. The van der Waals surface area contributed by atoms with Gasteiger partial charge < -0.3 is 9.52 Å². The maximum Gasteiger partial charge on any atom is 0.132 e. The summed E-state index contributed by atoms with van der Waals surface area (Å²) in [5.74, 6) is 1.18. The molecular weight excluding hydrogens is 152 g/mol. The van der Waals surface area contributed by atoms with Crippen molar-refractivity contribution in [2.24, 2.45) is 0 Å². The van der Waals surface area contributed by atoms with Crippen molar-refractivity contribution in [3.05, 3.63) is 35.8 Å². The van der Waals surface area contributed by atoms with Gasteiger partial charge in [-0.1, -0.05) is 12.2 Å². The molecule has 0 radical (unpaired) electrons. The lowest BCUT2D eigenvalue weighted by molar-refractivity contribution is 0.245. The number of rotatable bonds is 2. The van der Waals surface area contributed by atoms with E-state index >= 15 is 0 Å². The Labute approximate surface area is 71.5 Å². The van der Waals surface area contributed by atoms with Gasteiger partial charge in [-0.3, -0.25) is 0 Å². The van der Waals surface area contributed by atoms with Crippen molar-refractivity contribution >= 4 is 0 Å². The summed E-state index contributed by atoms with van der Waals surface area (Å²) in [5, 5.41) is 8.95. The zero-order valence-electron chi connectivity index (χ0n) is 6.86. The molecule has 0 fully saturated rings. The minimum absolute atomic E-state index is 0.00662. The van der Waals surface area contributed by atoms with Gasteiger partial charge in [0.05, 0.1) is 6.26 Å². The molecule has 1 heterocycles. The van der Waals surface area contributed by atoms with E-state index in [1.165, 1.54) is 0 Å². The van der Waals surface area contributed by atoms with Crippen molar-refractivity contribution < 1.29 is 9.52 Å².